The minimum atomic E-state index is 0.855. The topological polar surface area (TPSA) is 29.9 Å². The van der Waals surface area contributed by atoms with Crippen molar-refractivity contribution in [3.63, 3.8) is 0 Å². The molecule has 0 aliphatic heterocycles. The van der Waals surface area contributed by atoms with Crippen LogP contribution in [0.2, 0.25) is 0 Å². The summed E-state index contributed by atoms with van der Waals surface area (Å²) in [6.45, 7) is 2.15. The van der Waals surface area contributed by atoms with E-state index in [-0.39, 0.29) is 0 Å². The Bertz CT molecular complexity index is 672. The van der Waals surface area contributed by atoms with E-state index in [1.807, 2.05) is 31.4 Å². The van der Waals surface area contributed by atoms with Crippen molar-refractivity contribution in [2.24, 2.45) is 7.05 Å². The zero-order chi connectivity index (χ0) is 13.2. The lowest BCUT2D eigenvalue weighted by atomic mass is 10.2. The highest BCUT2D eigenvalue weighted by Crippen LogP contribution is 2.31. The molecule has 3 rings (SSSR count). The van der Waals surface area contributed by atoms with Crippen LogP contribution >= 0.6 is 11.3 Å². The summed E-state index contributed by atoms with van der Waals surface area (Å²) in [7, 11) is 2.04. The fourth-order valence-electron chi connectivity index (χ4n) is 2.24. The third kappa shape index (κ3) is 2.08. The molecule has 0 saturated carbocycles. The second-order valence-corrected chi connectivity index (χ2v) is 5.26. The van der Waals surface area contributed by atoms with Gasteiger partial charge in [-0.3, -0.25) is 4.98 Å². The van der Waals surface area contributed by atoms with Crippen LogP contribution in [0.25, 0.3) is 22.1 Å². The summed E-state index contributed by atoms with van der Waals surface area (Å²) in [4.78, 5) is 5.33. The summed E-state index contributed by atoms with van der Waals surface area (Å²) < 4.78 is 8.22. The number of nitrogens with zero attached hydrogens (tertiary/aromatic N) is 2. The molecule has 0 atom stereocenters. The van der Waals surface area contributed by atoms with Crippen LogP contribution in [0.4, 0.5) is 0 Å². The Hall–Kier alpha value is -1.94. The number of aromatic nitrogens is 2. The molecule has 3 aromatic heterocycles. The molecule has 0 aliphatic rings. The van der Waals surface area contributed by atoms with Crippen LogP contribution in [0.5, 0.6) is 0 Å². The minimum Gasteiger partial charge on any atom is -0.396 e. The van der Waals surface area contributed by atoms with Gasteiger partial charge in [-0.05, 0) is 23.6 Å². The molecule has 0 unspecified atom stereocenters. The second-order valence-electron chi connectivity index (χ2n) is 4.31. The van der Waals surface area contributed by atoms with E-state index in [1.54, 1.807) is 17.5 Å². The molecule has 0 amide bonds. The van der Waals surface area contributed by atoms with E-state index in [2.05, 4.69) is 27.9 Å². The van der Waals surface area contributed by atoms with Crippen molar-refractivity contribution in [1.82, 2.24) is 4.98 Å². The van der Waals surface area contributed by atoms with Gasteiger partial charge in [-0.15, -0.1) is 11.3 Å². The SMILES string of the molecule is CCc1c(-c2cccs2)oc(-c2cccnc2)[n+]1C. The standard InChI is InChI=1S/C15H15N2OS/c1-3-12-14(13-7-5-9-19-13)18-15(17(12)2)11-6-4-8-16-10-11/h4-10H,3H2,1-2H3/q+1. The first kappa shape index (κ1) is 12.1. The highest BCUT2D eigenvalue weighted by Gasteiger charge is 2.27. The first-order chi connectivity index (χ1) is 9.31. The van der Waals surface area contributed by atoms with E-state index >= 15 is 0 Å². The van der Waals surface area contributed by atoms with Crippen LogP contribution in [-0.2, 0) is 13.5 Å². The van der Waals surface area contributed by atoms with Crippen molar-refractivity contribution >= 4 is 11.3 Å². The lowest BCUT2D eigenvalue weighted by molar-refractivity contribution is -0.669. The molecule has 3 aromatic rings. The maximum Gasteiger partial charge on any atom is 0.382 e. The predicted molar refractivity (Wildman–Crippen MR) is 75.8 cm³/mol. The maximum absolute atomic E-state index is 6.10. The number of thiophene rings is 1. The van der Waals surface area contributed by atoms with Crippen molar-refractivity contribution in [2.75, 3.05) is 0 Å². The molecule has 0 N–H and O–H groups in total. The van der Waals surface area contributed by atoms with Gasteiger partial charge in [-0.2, -0.15) is 4.57 Å². The lowest BCUT2D eigenvalue weighted by Crippen LogP contribution is -2.32. The number of hydrogen-bond acceptors (Lipinski definition) is 3. The fraction of sp³-hybridized carbons (Fsp3) is 0.200. The molecule has 0 radical (unpaired) electrons. The molecule has 0 spiro atoms. The van der Waals surface area contributed by atoms with Gasteiger partial charge in [0.2, 0.25) is 11.5 Å². The van der Waals surface area contributed by atoms with Crippen LogP contribution in [0.15, 0.2) is 46.5 Å². The molecule has 96 valence electrons. The summed E-state index contributed by atoms with van der Waals surface area (Å²) in [6, 6.07) is 8.08. The van der Waals surface area contributed by atoms with E-state index in [1.165, 1.54) is 10.6 Å². The zero-order valence-corrected chi connectivity index (χ0v) is 11.8. The molecule has 0 saturated heterocycles. The van der Waals surface area contributed by atoms with E-state index in [4.69, 9.17) is 4.42 Å². The van der Waals surface area contributed by atoms with Crippen molar-refractivity contribution in [1.29, 1.82) is 0 Å². The molecule has 0 fully saturated rings. The molecule has 4 heteroatoms. The summed E-state index contributed by atoms with van der Waals surface area (Å²) in [5, 5.41) is 2.07. The molecule has 0 aromatic carbocycles. The molecular weight excluding hydrogens is 256 g/mol. The van der Waals surface area contributed by atoms with Gasteiger partial charge < -0.3 is 4.42 Å². The first-order valence-electron chi connectivity index (χ1n) is 6.27. The van der Waals surface area contributed by atoms with Crippen LogP contribution in [-0.4, -0.2) is 4.98 Å². The number of rotatable bonds is 3. The van der Waals surface area contributed by atoms with Gasteiger partial charge in [-0.25, -0.2) is 0 Å². The van der Waals surface area contributed by atoms with Crippen molar-refractivity contribution in [3.05, 3.63) is 47.7 Å². The number of pyridine rings is 1. The van der Waals surface area contributed by atoms with Crippen LogP contribution in [0.1, 0.15) is 12.6 Å². The average molecular weight is 271 g/mol. The summed E-state index contributed by atoms with van der Waals surface area (Å²) in [5.74, 6) is 1.83. The molecular formula is C15H15N2OS+. The summed E-state index contributed by atoms with van der Waals surface area (Å²) in [5.41, 5.74) is 2.21. The van der Waals surface area contributed by atoms with Crippen LogP contribution < -0.4 is 4.57 Å². The Morgan fingerprint density at radius 2 is 2.21 bits per heavy atom. The number of oxazole rings is 1. The van der Waals surface area contributed by atoms with Crippen molar-refractivity contribution < 1.29 is 8.98 Å². The quantitative estimate of drug-likeness (QED) is 0.683. The first-order valence-corrected chi connectivity index (χ1v) is 7.15. The van der Waals surface area contributed by atoms with Gasteiger partial charge in [0, 0.05) is 18.8 Å². The Labute approximate surface area is 116 Å². The van der Waals surface area contributed by atoms with E-state index < -0.39 is 0 Å². The molecule has 0 aliphatic carbocycles. The fourth-order valence-corrected chi connectivity index (χ4v) is 2.97. The van der Waals surface area contributed by atoms with Crippen LogP contribution in [0, 0.1) is 0 Å². The third-order valence-corrected chi connectivity index (χ3v) is 4.03. The third-order valence-electron chi connectivity index (χ3n) is 3.16. The van der Waals surface area contributed by atoms with Gasteiger partial charge in [0.1, 0.15) is 12.6 Å². The van der Waals surface area contributed by atoms with Crippen LogP contribution in [0.3, 0.4) is 0 Å². The molecule has 3 heterocycles. The Morgan fingerprint density at radius 1 is 1.32 bits per heavy atom. The molecule has 19 heavy (non-hydrogen) atoms. The lowest BCUT2D eigenvalue weighted by Gasteiger charge is -1.91. The van der Waals surface area contributed by atoms with Gasteiger partial charge >= 0.3 is 5.89 Å². The monoisotopic (exact) mass is 271 g/mol. The molecule has 3 nitrogen and oxygen atoms in total. The number of hydrogen-bond donors (Lipinski definition) is 0. The Kier molecular flexibility index (Phi) is 3.17. The smallest absolute Gasteiger partial charge is 0.382 e. The summed E-state index contributed by atoms with van der Waals surface area (Å²) in [6.07, 6.45) is 4.54. The maximum atomic E-state index is 6.10. The highest BCUT2D eigenvalue weighted by atomic mass is 32.1. The average Bonchev–Trinajstić information content (AvgIpc) is 3.07. The van der Waals surface area contributed by atoms with E-state index in [9.17, 15) is 0 Å². The highest BCUT2D eigenvalue weighted by molar-refractivity contribution is 7.13. The zero-order valence-electron chi connectivity index (χ0n) is 11.0. The van der Waals surface area contributed by atoms with Gasteiger partial charge in [0.25, 0.3) is 0 Å². The Morgan fingerprint density at radius 3 is 2.84 bits per heavy atom. The molecule has 0 bridgehead atoms. The Balaban J connectivity index is 2.18. The van der Waals surface area contributed by atoms with Crippen molar-refractivity contribution in [2.45, 2.75) is 13.3 Å². The van der Waals surface area contributed by atoms with Gasteiger partial charge in [0.05, 0.1) is 4.88 Å². The normalized spacial score (nSPS) is 10.8. The largest absolute Gasteiger partial charge is 0.396 e. The summed E-state index contributed by atoms with van der Waals surface area (Å²) >= 11 is 1.70. The van der Waals surface area contributed by atoms with Gasteiger partial charge in [0.15, 0.2) is 0 Å². The minimum absolute atomic E-state index is 0.855. The van der Waals surface area contributed by atoms with E-state index in [0.29, 0.717) is 0 Å². The van der Waals surface area contributed by atoms with E-state index in [0.717, 1.165) is 23.6 Å². The predicted octanol–water partition coefficient (Wildman–Crippen LogP) is 3.46. The van der Waals surface area contributed by atoms with Gasteiger partial charge in [-0.1, -0.05) is 13.0 Å². The van der Waals surface area contributed by atoms with Crippen molar-refractivity contribution in [3.8, 4) is 22.1 Å². The second kappa shape index (κ2) is 4.97.